The number of aliphatic hydroxyl groups excluding tert-OH is 1. The highest BCUT2D eigenvalue weighted by Gasteiger charge is 2.32. The highest BCUT2D eigenvalue weighted by atomic mass is 32.2. The van der Waals surface area contributed by atoms with Crippen molar-refractivity contribution >= 4 is 15.8 Å². The topological polar surface area (TPSA) is 96.5 Å². The molecule has 0 radical (unpaired) electrons. The van der Waals surface area contributed by atoms with Gasteiger partial charge in [0.15, 0.2) is 0 Å². The molecular formula is C12H19N3O3S. The lowest BCUT2D eigenvalue weighted by molar-refractivity contribution is 0.0912. The van der Waals surface area contributed by atoms with Crippen LogP contribution in [-0.4, -0.2) is 42.0 Å². The van der Waals surface area contributed by atoms with Crippen molar-refractivity contribution in [2.45, 2.75) is 30.8 Å². The number of aromatic nitrogens is 1. The summed E-state index contributed by atoms with van der Waals surface area (Å²) in [6, 6.07) is 3.03. The van der Waals surface area contributed by atoms with Crippen molar-refractivity contribution in [1.82, 2.24) is 9.29 Å². The van der Waals surface area contributed by atoms with Crippen molar-refractivity contribution < 1.29 is 13.5 Å². The van der Waals surface area contributed by atoms with Crippen LogP contribution in [0, 0.1) is 5.92 Å². The zero-order valence-electron chi connectivity index (χ0n) is 10.9. The quantitative estimate of drug-likeness (QED) is 0.840. The van der Waals surface area contributed by atoms with Crippen LogP contribution in [-0.2, 0) is 10.0 Å². The highest BCUT2D eigenvalue weighted by molar-refractivity contribution is 7.89. The Bertz CT molecular complexity index is 537. The molecule has 0 amide bonds. The maximum Gasteiger partial charge on any atom is 0.246 e. The van der Waals surface area contributed by atoms with E-state index in [4.69, 9.17) is 5.73 Å². The van der Waals surface area contributed by atoms with E-state index in [2.05, 4.69) is 4.98 Å². The molecular weight excluding hydrogens is 266 g/mol. The van der Waals surface area contributed by atoms with E-state index in [1.807, 2.05) is 0 Å². The molecule has 1 aromatic heterocycles. The number of anilines is 1. The number of aliphatic hydroxyl groups is 1. The Balaban J connectivity index is 2.17. The van der Waals surface area contributed by atoms with Gasteiger partial charge in [-0.15, -0.1) is 0 Å². The van der Waals surface area contributed by atoms with Gasteiger partial charge in [0.1, 0.15) is 10.7 Å². The van der Waals surface area contributed by atoms with Crippen LogP contribution in [0.3, 0.4) is 0 Å². The molecule has 1 unspecified atom stereocenters. The van der Waals surface area contributed by atoms with Crippen LogP contribution in [0.4, 0.5) is 5.82 Å². The third-order valence-corrected chi connectivity index (χ3v) is 5.54. The maximum atomic E-state index is 12.4. The van der Waals surface area contributed by atoms with E-state index < -0.39 is 16.1 Å². The molecule has 6 nitrogen and oxygen atoms in total. The molecule has 1 saturated heterocycles. The van der Waals surface area contributed by atoms with Crippen LogP contribution in [0.2, 0.25) is 0 Å². The summed E-state index contributed by atoms with van der Waals surface area (Å²) >= 11 is 0. The zero-order chi connectivity index (χ0) is 14.0. The summed E-state index contributed by atoms with van der Waals surface area (Å²) in [6.07, 6.45) is 2.40. The number of pyridine rings is 1. The zero-order valence-corrected chi connectivity index (χ0v) is 11.7. The fourth-order valence-corrected chi connectivity index (χ4v) is 3.90. The summed E-state index contributed by atoms with van der Waals surface area (Å²) in [5.41, 5.74) is 5.63. The van der Waals surface area contributed by atoms with Gasteiger partial charge in [0, 0.05) is 19.3 Å². The second kappa shape index (κ2) is 5.44. The maximum absolute atomic E-state index is 12.4. The van der Waals surface area contributed by atoms with Gasteiger partial charge in [0.2, 0.25) is 10.0 Å². The van der Waals surface area contributed by atoms with E-state index in [0.29, 0.717) is 25.9 Å². The fraction of sp³-hybridized carbons (Fsp3) is 0.583. The van der Waals surface area contributed by atoms with Gasteiger partial charge in [0.25, 0.3) is 0 Å². The molecule has 106 valence electrons. The molecule has 1 aliphatic heterocycles. The first-order valence-electron chi connectivity index (χ1n) is 6.31. The van der Waals surface area contributed by atoms with Gasteiger partial charge in [-0.3, -0.25) is 0 Å². The smallest absolute Gasteiger partial charge is 0.246 e. The van der Waals surface area contributed by atoms with Crippen LogP contribution in [0.15, 0.2) is 23.2 Å². The molecule has 1 aromatic rings. The molecule has 0 aromatic carbocycles. The number of hydrogen-bond acceptors (Lipinski definition) is 5. The van der Waals surface area contributed by atoms with Gasteiger partial charge < -0.3 is 10.8 Å². The van der Waals surface area contributed by atoms with Crippen LogP contribution in [0.5, 0.6) is 0 Å². The minimum absolute atomic E-state index is 0.0279. The summed E-state index contributed by atoms with van der Waals surface area (Å²) in [5.74, 6) is 0.192. The van der Waals surface area contributed by atoms with Crippen molar-refractivity contribution in [2.24, 2.45) is 5.92 Å². The van der Waals surface area contributed by atoms with E-state index in [0.717, 1.165) is 0 Å². The number of nitrogen functional groups attached to an aromatic ring is 1. The number of nitrogens with zero attached hydrogens (tertiary/aromatic N) is 2. The molecule has 0 bridgehead atoms. The number of nitrogens with two attached hydrogens (primary N) is 1. The molecule has 2 heterocycles. The monoisotopic (exact) mass is 285 g/mol. The minimum Gasteiger partial charge on any atom is -0.393 e. The van der Waals surface area contributed by atoms with E-state index >= 15 is 0 Å². The van der Waals surface area contributed by atoms with Crippen molar-refractivity contribution in [2.75, 3.05) is 18.8 Å². The van der Waals surface area contributed by atoms with Crippen LogP contribution >= 0.6 is 0 Å². The largest absolute Gasteiger partial charge is 0.393 e. The van der Waals surface area contributed by atoms with Crippen LogP contribution < -0.4 is 5.73 Å². The van der Waals surface area contributed by atoms with Crippen molar-refractivity contribution in [1.29, 1.82) is 0 Å². The normalized spacial score (nSPS) is 20.3. The second-order valence-corrected chi connectivity index (χ2v) is 6.78. The lowest BCUT2D eigenvalue weighted by atomic mass is 9.93. The highest BCUT2D eigenvalue weighted by Crippen LogP contribution is 2.27. The molecule has 19 heavy (non-hydrogen) atoms. The Morgan fingerprint density at radius 2 is 2.11 bits per heavy atom. The average Bonchev–Trinajstić information content (AvgIpc) is 2.39. The molecule has 1 atom stereocenters. The number of sulfonamides is 1. The van der Waals surface area contributed by atoms with E-state index in [9.17, 15) is 13.5 Å². The fourth-order valence-electron chi connectivity index (χ4n) is 2.36. The Morgan fingerprint density at radius 1 is 1.47 bits per heavy atom. The van der Waals surface area contributed by atoms with E-state index in [-0.39, 0.29) is 16.6 Å². The molecule has 0 spiro atoms. The standard InChI is InChI=1S/C12H19N3O3S/c1-9(16)10-4-7-15(8-5-10)19(17,18)11-3-2-6-14-12(11)13/h2-3,6,9-10,16H,4-5,7-8H2,1H3,(H2,13,14). The second-order valence-electron chi connectivity index (χ2n) is 4.87. The Labute approximate surface area is 113 Å². The third-order valence-electron chi connectivity index (χ3n) is 3.60. The van der Waals surface area contributed by atoms with Gasteiger partial charge >= 0.3 is 0 Å². The molecule has 1 aliphatic rings. The Morgan fingerprint density at radius 3 is 2.63 bits per heavy atom. The van der Waals surface area contributed by atoms with Crippen LogP contribution in [0.25, 0.3) is 0 Å². The molecule has 7 heteroatoms. The first-order chi connectivity index (χ1) is 8.93. The summed E-state index contributed by atoms with van der Waals surface area (Å²) in [7, 11) is -3.58. The Kier molecular flexibility index (Phi) is 4.07. The van der Waals surface area contributed by atoms with Crippen molar-refractivity contribution in [3.8, 4) is 0 Å². The Hall–Kier alpha value is -1.18. The lowest BCUT2D eigenvalue weighted by Gasteiger charge is -2.32. The predicted molar refractivity (Wildman–Crippen MR) is 71.8 cm³/mol. The van der Waals surface area contributed by atoms with Gasteiger partial charge in [-0.1, -0.05) is 0 Å². The minimum atomic E-state index is -3.58. The van der Waals surface area contributed by atoms with Gasteiger partial charge in [-0.2, -0.15) is 4.31 Å². The van der Waals surface area contributed by atoms with Crippen LogP contribution in [0.1, 0.15) is 19.8 Å². The first kappa shape index (κ1) is 14.2. The average molecular weight is 285 g/mol. The summed E-state index contributed by atoms with van der Waals surface area (Å²) < 4.78 is 26.3. The summed E-state index contributed by atoms with van der Waals surface area (Å²) in [4.78, 5) is 3.88. The van der Waals surface area contributed by atoms with Gasteiger partial charge in [-0.25, -0.2) is 13.4 Å². The number of rotatable bonds is 3. The van der Waals surface area contributed by atoms with Gasteiger partial charge in [0.05, 0.1) is 6.10 Å². The van der Waals surface area contributed by atoms with Crippen molar-refractivity contribution in [3.05, 3.63) is 18.3 Å². The number of piperidine rings is 1. The SMILES string of the molecule is CC(O)C1CCN(S(=O)(=O)c2cccnc2N)CC1. The van der Waals surface area contributed by atoms with E-state index in [1.165, 1.54) is 16.6 Å². The first-order valence-corrected chi connectivity index (χ1v) is 7.75. The third kappa shape index (κ3) is 2.88. The molecule has 1 fully saturated rings. The molecule has 0 saturated carbocycles. The lowest BCUT2D eigenvalue weighted by Crippen LogP contribution is -2.40. The number of hydrogen-bond donors (Lipinski definition) is 2. The van der Waals surface area contributed by atoms with Crippen molar-refractivity contribution in [3.63, 3.8) is 0 Å². The van der Waals surface area contributed by atoms with E-state index in [1.54, 1.807) is 13.0 Å². The molecule has 2 rings (SSSR count). The molecule has 3 N–H and O–H groups in total. The predicted octanol–water partition coefficient (Wildman–Crippen LogP) is 0.445. The van der Waals surface area contributed by atoms with Gasteiger partial charge in [-0.05, 0) is 37.8 Å². The summed E-state index contributed by atoms with van der Waals surface area (Å²) in [5, 5.41) is 9.53. The molecule has 0 aliphatic carbocycles. The summed E-state index contributed by atoms with van der Waals surface area (Å²) in [6.45, 7) is 2.56.